The Morgan fingerprint density at radius 1 is 1.55 bits per heavy atom. The number of aromatic nitrogens is 3. The molecular formula is C6H4BrN3S. The summed E-state index contributed by atoms with van der Waals surface area (Å²) >= 11 is 4.69. The van der Waals surface area contributed by atoms with Crippen LogP contribution in [0.3, 0.4) is 0 Å². The Morgan fingerprint density at radius 3 is 3.18 bits per heavy atom. The van der Waals surface area contributed by atoms with Gasteiger partial charge >= 0.3 is 0 Å². The van der Waals surface area contributed by atoms with E-state index in [0.29, 0.717) is 0 Å². The van der Waals surface area contributed by atoms with Gasteiger partial charge in [0.1, 0.15) is 15.3 Å². The number of halogens is 1. The van der Waals surface area contributed by atoms with E-state index in [4.69, 9.17) is 0 Å². The van der Waals surface area contributed by atoms with Gasteiger partial charge in [0.15, 0.2) is 0 Å². The Morgan fingerprint density at radius 2 is 2.36 bits per heavy atom. The largest absolute Gasteiger partial charge is 0.241 e. The lowest BCUT2D eigenvalue weighted by Crippen LogP contribution is -1.83. The van der Waals surface area contributed by atoms with Gasteiger partial charge in [-0.05, 0) is 34.4 Å². The minimum absolute atomic E-state index is 0.786. The number of hydrogen-bond donors (Lipinski definition) is 0. The molecule has 11 heavy (non-hydrogen) atoms. The molecule has 0 radical (unpaired) electrons. The summed E-state index contributed by atoms with van der Waals surface area (Å²) in [5, 5.41) is 0.987. The predicted octanol–water partition coefficient (Wildman–Crippen LogP) is 2.16. The van der Waals surface area contributed by atoms with Crippen molar-refractivity contribution in [2.75, 3.05) is 0 Å². The third-order valence-electron chi connectivity index (χ3n) is 1.31. The quantitative estimate of drug-likeness (QED) is 0.696. The van der Waals surface area contributed by atoms with Crippen LogP contribution in [0.4, 0.5) is 0 Å². The van der Waals surface area contributed by atoms with Crippen molar-refractivity contribution in [1.29, 1.82) is 0 Å². The molecule has 0 saturated carbocycles. The van der Waals surface area contributed by atoms with Crippen molar-refractivity contribution in [2.24, 2.45) is 0 Å². The van der Waals surface area contributed by atoms with E-state index in [1.807, 2.05) is 6.92 Å². The van der Waals surface area contributed by atoms with E-state index < -0.39 is 0 Å². The van der Waals surface area contributed by atoms with Crippen LogP contribution in [0.5, 0.6) is 0 Å². The maximum atomic E-state index is 4.21. The fraction of sp³-hybridized carbons (Fsp3) is 0.167. The molecule has 0 aliphatic heterocycles. The molecule has 5 heteroatoms. The third kappa shape index (κ3) is 1.14. The van der Waals surface area contributed by atoms with E-state index in [9.17, 15) is 0 Å². The van der Waals surface area contributed by atoms with Crippen LogP contribution in [0.25, 0.3) is 10.2 Å². The molecule has 2 heterocycles. The van der Waals surface area contributed by atoms with Crippen molar-refractivity contribution in [3.63, 3.8) is 0 Å². The summed E-state index contributed by atoms with van der Waals surface area (Å²) in [6, 6.07) is 0. The Bertz CT molecular complexity index is 398. The van der Waals surface area contributed by atoms with E-state index in [2.05, 4.69) is 30.3 Å². The monoisotopic (exact) mass is 229 g/mol. The second-order valence-electron chi connectivity index (χ2n) is 2.11. The topological polar surface area (TPSA) is 38.7 Å². The molecule has 0 unspecified atom stereocenters. The highest BCUT2D eigenvalue weighted by Crippen LogP contribution is 2.23. The molecule has 0 bridgehead atoms. The molecule has 0 aromatic carbocycles. The van der Waals surface area contributed by atoms with Crippen LogP contribution in [-0.2, 0) is 0 Å². The molecule has 0 fully saturated rings. The normalized spacial score (nSPS) is 10.7. The highest BCUT2D eigenvalue weighted by molar-refractivity contribution is 9.10. The molecule has 3 nitrogen and oxygen atoms in total. The van der Waals surface area contributed by atoms with E-state index in [1.165, 1.54) is 11.5 Å². The van der Waals surface area contributed by atoms with Crippen LogP contribution in [0.15, 0.2) is 10.8 Å². The smallest absolute Gasteiger partial charge is 0.148 e. The van der Waals surface area contributed by atoms with Gasteiger partial charge < -0.3 is 0 Å². The standard InChI is InChI=1S/C6H4BrN3S/c1-3-8-2-4-5(7)10-11-6(4)9-3/h2H,1H3. The van der Waals surface area contributed by atoms with Gasteiger partial charge in [-0.15, -0.1) is 0 Å². The summed E-state index contributed by atoms with van der Waals surface area (Å²) in [5.41, 5.74) is 0. The van der Waals surface area contributed by atoms with Crippen LogP contribution in [0.1, 0.15) is 5.82 Å². The SMILES string of the molecule is Cc1ncc2c(Br)nsc2n1. The second-order valence-corrected chi connectivity index (χ2v) is 3.61. The lowest BCUT2D eigenvalue weighted by atomic mass is 10.4. The summed E-state index contributed by atoms with van der Waals surface area (Å²) in [6.07, 6.45) is 1.78. The number of nitrogens with zero attached hydrogens (tertiary/aromatic N) is 3. The van der Waals surface area contributed by atoms with Crippen LogP contribution in [0.2, 0.25) is 0 Å². The van der Waals surface area contributed by atoms with Gasteiger partial charge in [0, 0.05) is 6.20 Å². The summed E-state index contributed by atoms with van der Waals surface area (Å²) in [6.45, 7) is 1.87. The zero-order chi connectivity index (χ0) is 7.84. The first-order valence-corrected chi connectivity index (χ1v) is 4.58. The lowest BCUT2D eigenvalue weighted by Gasteiger charge is -1.88. The minimum Gasteiger partial charge on any atom is -0.241 e. The van der Waals surface area contributed by atoms with E-state index in [-0.39, 0.29) is 0 Å². The van der Waals surface area contributed by atoms with Gasteiger partial charge in [0.05, 0.1) is 5.39 Å². The molecule has 0 saturated heterocycles. The molecule has 0 atom stereocenters. The summed E-state index contributed by atoms with van der Waals surface area (Å²) in [4.78, 5) is 9.21. The average Bonchev–Trinajstić information content (AvgIpc) is 2.32. The van der Waals surface area contributed by atoms with Crippen molar-refractivity contribution < 1.29 is 0 Å². The van der Waals surface area contributed by atoms with Crippen LogP contribution in [0, 0.1) is 6.92 Å². The molecule has 56 valence electrons. The molecule has 0 aliphatic rings. The average molecular weight is 230 g/mol. The van der Waals surface area contributed by atoms with E-state index >= 15 is 0 Å². The molecule has 2 aromatic heterocycles. The molecule has 2 aromatic rings. The van der Waals surface area contributed by atoms with Crippen molar-refractivity contribution in [2.45, 2.75) is 6.92 Å². The summed E-state index contributed by atoms with van der Waals surface area (Å²) in [5.74, 6) is 0.786. The van der Waals surface area contributed by atoms with Crippen molar-refractivity contribution in [3.05, 3.63) is 16.6 Å². The van der Waals surface area contributed by atoms with Gasteiger partial charge in [-0.3, -0.25) is 0 Å². The van der Waals surface area contributed by atoms with Crippen molar-refractivity contribution in [3.8, 4) is 0 Å². The van der Waals surface area contributed by atoms with Crippen molar-refractivity contribution >= 4 is 37.7 Å². The predicted molar refractivity (Wildman–Crippen MR) is 47.6 cm³/mol. The fourth-order valence-corrected chi connectivity index (χ4v) is 2.12. The van der Waals surface area contributed by atoms with Crippen molar-refractivity contribution in [1.82, 2.24) is 14.3 Å². The molecule has 0 N–H and O–H groups in total. The number of fused-ring (bicyclic) bond motifs is 1. The van der Waals surface area contributed by atoms with Gasteiger partial charge in [-0.2, -0.15) is 4.37 Å². The first-order chi connectivity index (χ1) is 5.27. The van der Waals surface area contributed by atoms with E-state index in [0.717, 1.165) is 20.6 Å². The molecule has 2 rings (SSSR count). The van der Waals surface area contributed by atoms with Crippen LogP contribution in [-0.4, -0.2) is 14.3 Å². The highest BCUT2D eigenvalue weighted by Gasteiger charge is 2.03. The maximum Gasteiger partial charge on any atom is 0.148 e. The van der Waals surface area contributed by atoms with Crippen LogP contribution < -0.4 is 0 Å². The zero-order valence-corrected chi connectivity index (χ0v) is 8.11. The lowest BCUT2D eigenvalue weighted by molar-refractivity contribution is 1.10. The molecule has 0 aliphatic carbocycles. The molecular weight excluding hydrogens is 226 g/mol. The van der Waals surface area contributed by atoms with E-state index in [1.54, 1.807) is 6.20 Å². The van der Waals surface area contributed by atoms with Gasteiger partial charge in [0.2, 0.25) is 0 Å². The van der Waals surface area contributed by atoms with Gasteiger partial charge in [-0.1, -0.05) is 0 Å². The molecule has 0 spiro atoms. The third-order valence-corrected chi connectivity index (χ3v) is 2.91. The first kappa shape index (κ1) is 7.12. The van der Waals surface area contributed by atoms with Gasteiger partial charge in [0.25, 0.3) is 0 Å². The van der Waals surface area contributed by atoms with Gasteiger partial charge in [-0.25, -0.2) is 9.97 Å². The minimum atomic E-state index is 0.786. The highest BCUT2D eigenvalue weighted by atomic mass is 79.9. The molecule has 0 amide bonds. The Labute approximate surface area is 75.8 Å². The second kappa shape index (κ2) is 2.49. The Kier molecular flexibility index (Phi) is 1.61. The Balaban J connectivity index is 2.86. The number of hydrogen-bond acceptors (Lipinski definition) is 4. The number of rotatable bonds is 0. The zero-order valence-electron chi connectivity index (χ0n) is 5.71. The number of aryl methyl sites for hydroxylation is 1. The maximum absolute atomic E-state index is 4.21. The fourth-order valence-electron chi connectivity index (χ4n) is 0.793. The van der Waals surface area contributed by atoms with Crippen LogP contribution >= 0.6 is 27.5 Å². The summed E-state index contributed by atoms with van der Waals surface area (Å²) < 4.78 is 4.92. The first-order valence-electron chi connectivity index (χ1n) is 3.02. The summed E-state index contributed by atoms with van der Waals surface area (Å²) in [7, 11) is 0. The Hall–Kier alpha value is -0.550.